The first-order chi connectivity index (χ1) is 8.77. The minimum absolute atomic E-state index is 0.301. The Balaban J connectivity index is 3.15. The summed E-state index contributed by atoms with van der Waals surface area (Å²) in [7, 11) is -3.74. The largest absolute Gasteiger partial charge is 0.352 e. The van der Waals surface area contributed by atoms with Gasteiger partial charge in [0, 0.05) is 17.3 Å². The van der Waals surface area contributed by atoms with E-state index in [9.17, 15) is 17.6 Å². The fraction of sp³-hybridized carbons (Fsp3) is 0.364. The van der Waals surface area contributed by atoms with Gasteiger partial charge in [-0.1, -0.05) is 15.9 Å². The van der Waals surface area contributed by atoms with Gasteiger partial charge in [-0.3, -0.25) is 4.79 Å². The third-order valence-corrected chi connectivity index (χ3v) is 3.87. The lowest BCUT2D eigenvalue weighted by atomic mass is 10.2. The van der Waals surface area contributed by atoms with Crippen LogP contribution in [0.1, 0.15) is 16.8 Å². The second-order valence-electron chi connectivity index (χ2n) is 3.94. The zero-order valence-corrected chi connectivity index (χ0v) is 12.6. The Bertz CT molecular complexity index is 590. The Kier molecular flexibility index (Phi) is 5.45. The van der Waals surface area contributed by atoms with Crippen LogP contribution in [0.4, 0.5) is 4.39 Å². The molecule has 0 spiro atoms. The Hall–Kier alpha value is -0.990. The van der Waals surface area contributed by atoms with Crippen molar-refractivity contribution in [1.29, 1.82) is 0 Å². The molecule has 0 unspecified atom stereocenters. The lowest BCUT2D eigenvalue weighted by Crippen LogP contribution is -2.27. The number of amides is 1. The fourth-order valence-corrected chi connectivity index (χ4v) is 2.78. The Labute approximate surface area is 119 Å². The minimum Gasteiger partial charge on any atom is -0.352 e. The van der Waals surface area contributed by atoms with Gasteiger partial charge in [0.25, 0.3) is 5.91 Å². The quantitative estimate of drug-likeness (QED) is 0.775. The fourth-order valence-electron chi connectivity index (χ4n) is 1.40. The Morgan fingerprint density at radius 2 is 2.11 bits per heavy atom. The zero-order chi connectivity index (χ0) is 14.6. The molecule has 3 N–H and O–H groups in total. The smallest absolute Gasteiger partial charge is 0.254 e. The number of rotatable bonds is 5. The Morgan fingerprint density at radius 1 is 1.47 bits per heavy atom. The van der Waals surface area contributed by atoms with Crippen molar-refractivity contribution in [1.82, 2.24) is 5.32 Å². The SMILES string of the molecule is CS(=O)(=O)c1cc(Br)cc(C(=O)NCCCN)c1F. The molecule has 1 aromatic carbocycles. The van der Waals surface area contributed by atoms with Crippen molar-refractivity contribution in [2.24, 2.45) is 5.73 Å². The summed E-state index contributed by atoms with van der Waals surface area (Å²) in [5, 5.41) is 2.47. The second-order valence-corrected chi connectivity index (χ2v) is 6.84. The molecule has 0 aliphatic rings. The highest BCUT2D eigenvalue weighted by atomic mass is 79.9. The molecular formula is C11H14BrFN2O3S. The summed E-state index contributed by atoms with van der Waals surface area (Å²) in [6.45, 7) is 0.700. The summed E-state index contributed by atoms with van der Waals surface area (Å²) in [5.41, 5.74) is 4.96. The van der Waals surface area contributed by atoms with Gasteiger partial charge >= 0.3 is 0 Å². The van der Waals surface area contributed by atoms with Gasteiger partial charge in [0.05, 0.1) is 5.56 Å². The molecule has 5 nitrogen and oxygen atoms in total. The molecule has 0 atom stereocenters. The zero-order valence-electron chi connectivity index (χ0n) is 10.2. The number of nitrogens with two attached hydrogens (primary N) is 1. The average Bonchev–Trinajstić information content (AvgIpc) is 2.30. The number of hydrogen-bond acceptors (Lipinski definition) is 4. The van der Waals surface area contributed by atoms with Gasteiger partial charge in [0.15, 0.2) is 15.7 Å². The van der Waals surface area contributed by atoms with E-state index in [4.69, 9.17) is 5.73 Å². The maximum absolute atomic E-state index is 14.0. The number of benzene rings is 1. The van der Waals surface area contributed by atoms with Gasteiger partial charge in [-0.25, -0.2) is 12.8 Å². The van der Waals surface area contributed by atoms with Crippen molar-refractivity contribution in [3.63, 3.8) is 0 Å². The molecule has 0 radical (unpaired) electrons. The first-order valence-corrected chi connectivity index (χ1v) is 8.13. The van der Waals surface area contributed by atoms with Crippen LogP contribution in [0.2, 0.25) is 0 Å². The first kappa shape index (κ1) is 16.1. The maximum atomic E-state index is 14.0. The van der Waals surface area contributed by atoms with E-state index in [0.29, 0.717) is 24.0 Å². The number of halogens is 2. The van der Waals surface area contributed by atoms with E-state index >= 15 is 0 Å². The van der Waals surface area contributed by atoms with Crippen molar-refractivity contribution in [3.05, 3.63) is 28.0 Å². The highest BCUT2D eigenvalue weighted by Crippen LogP contribution is 2.24. The van der Waals surface area contributed by atoms with Crippen molar-refractivity contribution < 1.29 is 17.6 Å². The van der Waals surface area contributed by atoms with Gasteiger partial charge in [0.2, 0.25) is 0 Å². The molecule has 1 amide bonds. The van der Waals surface area contributed by atoms with E-state index in [1.54, 1.807) is 0 Å². The summed E-state index contributed by atoms with van der Waals surface area (Å²) in [5.74, 6) is -1.71. The van der Waals surface area contributed by atoms with Gasteiger partial charge < -0.3 is 11.1 Å². The van der Waals surface area contributed by atoms with Gasteiger partial charge in [-0.15, -0.1) is 0 Å². The molecule has 19 heavy (non-hydrogen) atoms. The number of hydrogen-bond donors (Lipinski definition) is 2. The summed E-state index contributed by atoms with van der Waals surface area (Å²) < 4.78 is 37.2. The van der Waals surface area contributed by atoms with E-state index in [-0.39, 0.29) is 5.56 Å². The molecule has 0 aromatic heterocycles. The summed E-state index contributed by atoms with van der Waals surface area (Å²) in [6, 6.07) is 2.36. The van der Waals surface area contributed by atoms with Crippen molar-refractivity contribution in [2.45, 2.75) is 11.3 Å². The summed E-state index contributed by atoms with van der Waals surface area (Å²) in [6.07, 6.45) is 1.44. The van der Waals surface area contributed by atoms with Crippen LogP contribution in [-0.2, 0) is 9.84 Å². The molecule has 0 bridgehead atoms. The molecule has 106 valence electrons. The molecule has 0 saturated carbocycles. The Morgan fingerprint density at radius 3 is 2.63 bits per heavy atom. The predicted molar refractivity (Wildman–Crippen MR) is 73.2 cm³/mol. The molecule has 0 aliphatic heterocycles. The van der Waals surface area contributed by atoms with E-state index < -0.39 is 26.5 Å². The summed E-state index contributed by atoms with van der Waals surface area (Å²) in [4.78, 5) is 11.3. The van der Waals surface area contributed by atoms with Crippen LogP contribution in [0.3, 0.4) is 0 Å². The van der Waals surface area contributed by atoms with Crippen molar-refractivity contribution in [3.8, 4) is 0 Å². The number of sulfone groups is 1. The highest BCUT2D eigenvalue weighted by Gasteiger charge is 2.21. The number of nitrogens with one attached hydrogen (secondary N) is 1. The van der Waals surface area contributed by atoms with Crippen LogP contribution in [0.5, 0.6) is 0 Å². The van der Waals surface area contributed by atoms with Crippen LogP contribution in [0, 0.1) is 5.82 Å². The van der Waals surface area contributed by atoms with E-state index in [1.165, 1.54) is 6.07 Å². The molecular weight excluding hydrogens is 339 g/mol. The molecule has 8 heteroatoms. The normalized spacial score (nSPS) is 11.4. The highest BCUT2D eigenvalue weighted by molar-refractivity contribution is 9.10. The second kappa shape index (κ2) is 6.44. The van der Waals surface area contributed by atoms with E-state index in [0.717, 1.165) is 12.3 Å². The van der Waals surface area contributed by atoms with Crippen LogP contribution >= 0.6 is 15.9 Å². The van der Waals surface area contributed by atoms with Crippen LogP contribution < -0.4 is 11.1 Å². The first-order valence-electron chi connectivity index (χ1n) is 5.44. The third-order valence-electron chi connectivity index (χ3n) is 2.31. The minimum atomic E-state index is -3.74. The third kappa shape index (κ3) is 4.26. The van der Waals surface area contributed by atoms with Crippen molar-refractivity contribution >= 4 is 31.7 Å². The number of carbonyl (C=O) groups excluding carboxylic acids is 1. The molecule has 1 rings (SSSR count). The molecule has 0 aliphatic carbocycles. The molecule has 0 saturated heterocycles. The lowest BCUT2D eigenvalue weighted by molar-refractivity contribution is 0.0949. The van der Waals surface area contributed by atoms with E-state index in [2.05, 4.69) is 21.2 Å². The topological polar surface area (TPSA) is 89.3 Å². The van der Waals surface area contributed by atoms with Crippen LogP contribution in [-0.4, -0.2) is 33.7 Å². The summed E-state index contributed by atoms with van der Waals surface area (Å²) >= 11 is 3.06. The molecule has 1 aromatic rings. The van der Waals surface area contributed by atoms with Crippen LogP contribution in [0.25, 0.3) is 0 Å². The van der Waals surface area contributed by atoms with Gasteiger partial charge in [-0.05, 0) is 25.1 Å². The van der Waals surface area contributed by atoms with Gasteiger partial charge in [0.1, 0.15) is 4.90 Å². The standard InChI is InChI=1S/C11H14BrFN2O3S/c1-19(17,18)9-6-7(12)5-8(10(9)13)11(16)15-4-2-3-14/h5-6H,2-4,14H2,1H3,(H,15,16). The molecule has 0 fully saturated rings. The lowest BCUT2D eigenvalue weighted by Gasteiger charge is -2.09. The van der Waals surface area contributed by atoms with E-state index in [1.807, 2.05) is 0 Å². The molecule has 0 heterocycles. The van der Waals surface area contributed by atoms with Gasteiger partial charge in [-0.2, -0.15) is 0 Å². The predicted octanol–water partition coefficient (Wildman–Crippen LogP) is 1.07. The van der Waals surface area contributed by atoms with Crippen molar-refractivity contribution in [2.75, 3.05) is 19.3 Å². The number of carbonyl (C=O) groups is 1. The maximum Gasteiger partial charge on any atom is 0.254 e. The average molecular weight is 353 g/mol. The van der Waals surface area contributed by atoms with Crippen LogP contribution in [0.15, 0.2) is 21.5 Å². The monoisotopic (exact) mass is 352 g/mol.